The van der Waals surface area contributed by atoms with Gasteiger partial charge in [-0.1, -0.05) is 25.4 Å². The van der Waals surface area contributed by atoms with Gasteiger partial charge in [0.15, 0.2) is 0 Å². The van der Waals surface area contributed by atoms with E-state index in [1.165, 1.54) is 13.0 Å². The van der Waals surface area contributed by atoms with Crippen LogP contribution < -0.4 is 5.32 Å². The third-order valence-electron chi connectivity index (χ3n) is 2.06. The molecule has 18 heavy (non-hydrogen) atoms. The molecule has 1 aromatic rings. The molecule has 3 nitrogen and oxygen atoms in total. The number of carbonyl (C=O) groups is 1. The Bertz CT molecular complexity index is 491. The van der Waals surface area contributed by atoms with Gasteiger partial charge in [0.2, 0.25) is 5.91 Å². The van der Waals surface area contributed by atoms with Crippen LogP contribution in [0.3, 0.4) is 0 Å². The highest BCUT2D eigenvalue weighted by atomic mass is 35.5. The van der Waals surface area contributed by atoms with Crippen molar-refractivity contribution in [2.75, 3.05) is 11.1 Å². The van der Waals surface area contributed by atoms with Gasteiger partial charge in [0, 0.05) is 12.7 Å². The van der Waals surface area contributed by atoms with E-state index in [4.69, 9.17) is 11.6 Å². The molecule has 6 heteroatoms. The van der Waals surface area contributed by atoms with E-state index < -0.39 is 22.5 Å². The Balaban J connectivity index is 3.12. The van der Waals surface area contributed by atoms with Crippen LogP contribution in [0.2, 0.25) is 5.02 Å². The van der Waals surface area contributed by atoms with E-state index >= 15 is 0 Å². The van der Waals surface area contributed by atoms with Crippen LogP contribution in [-0.2, 0) is 15.6 Å². The van der Waals surface area contributed by atoms with E-state index in [2.05, 4.69) is 5.32 Å². The van der Waals surface area contributed by atoms with Crippen molar-refractivity contribution < 1.29 is 13.4 Å². The first kappa shape index (κ1) is 15.1. The molecule has 0 saturated heterocycles. The van der Waals surface area contributed by atoms with Crippen molar-refractivity contribution >= 4 is 34.0 Å². The zero-order valence-electron chi connectivity index (χ0n) is 10.4. The molecule has 1 rings (SSSR count). The smallest absolute Gasteiger partial charge is 0.221 e. The summed E-state index contributed by atoms with van der Waals surface area (Å²) < 4.78 is 25.5. The van der Waals surface area contributed by atoms with Gasteiger partial charge in [0.1, 0.15) is 5.82 Å². The third kappa shape index (κ3) is 4.07. The first-order chi connectivity index (χ1) is 8.31. The SMILES string of the molecule is CC(=O)Nc1cc(S(=O)CC(C)C)c(Cl)cc1F. The van der Waals surface area contributed by atoms with E-state index in [0.29, 0.717) is 10.6 Å². The summed E-state index contributed by atoms with van der Waals surface area (Å²) in [4.78, 5) is 11.3. The van der Waals surface area contributed by atoms with Gasteiger partial charge in [0.25, 0.3) is 0 Å². The second kappa shape index (κ2) is 6.29. The molecule has 0 bridgehead atoms. The molecule has 1 atom stereocenters. The molecule has 100 valence electrons. The largest absolute Gasteiger partial charge is 0.324 e. The lowest BCUT2D eigenvalue weighted by Gasteiger charge is -2.10. The van der Waals surface area contributed by atoms with Gasteiger partial charge in [0.05, 0.1) is 26.4 Å². The number of carbonyl (C=O) groups excluding carboxylic acids is 1. The predicted molar refractivity (Wildman–Crippen MR) is 71.8 cm³/mol. The van der Waals surface area contributed by atoms with Crippen molar-refractivity contribution in [3.05, 3.63) is 23.0 Å². The van der Waals surface area contributed by atoms with Crippen molar-refractivity contribution in [3.8, 4) is 0 Å². The van der Waals surface area contributed by atoms with E-state index in [1.54, 1.807) is 0 Å². The molecule has 1 N–H and O–H groups in total. The van der Waals surface area contributed by atoms with Gasteiger partial charge >= 0.3 is 0 Å². The van der Waals surface area contributed by atoms with Gasteiger partial charge in [-0.3, -0.25) is 9.00 Å². The van der Waals surface area contributed by atoms with Crippen LogP contribution in [0.1, 0.15) is 20.8 Å². The van der Waals surface area contributed by atoms with Crippen molar-refractivity contribution in [3.63, 3.8) is 0 Å². The molecule has 0 saturated carbocycles. The summed E-state index contributed by atoms with van der Waals surface area (Å²) in [5.74, 6) is -0.362. The van der Waals surface area contributed by atoms with Crippen LogP contribution in [0.25, 0.3) is 0 Å². The summed E-state index contributed by atoms with van der Waals surface area (Å²) in [5.41, 5.74) is -0.000920. The highest BCUT2D eigenvalue weighted by molar-refractivity contribution is 7.85. The maximum absolute atomic E-state index is 13.5. The lowest BCUT2D eigenvalue weighted by Crippen LogP contribution is -2.10. The second-order valence-electron chi connectivity index (χ2n) is 4.35. The Morgan fingerprint density at radius 1 is 1.50 bits per heavy atom. The van der Waals surface area contributed by atoms with Crippen LogP contribution in [-0.4, -0.2) is 15.9 Å². The van der Waals surface area contributed by atoms with Gasteiger partial charge in [-0.25, -0.2) is 4.39 Å². The average Bonchev–Trinajstić information content (AvgIpc) is 2.20. The number of benzene rings is 1. The Hall–Kier alpha value is -0.940. The standard InChI is InChI=1S/C12H15ClFNO2S/c1-7(2)6-18(17)12-5-11(15-8(3)16)10(14)4-9(12)13/h4-5,7H,6H2,1-3H3,(H,15,16). The summed E-state index contributed by atoms with van der Waals surface area (Å²) in [6, 6.07) is 2.40. The quantitative estimate of drug-likeness (QED) is 0.926. The Kier molecular flexibility index (Phi) is 5.28. The van der Waals surface area contributed by atoms with Crippen LogP contribution in [0.4, 0.5) is 10.1 Å². The molecule has 0 aliphatic rings. The first-order valence-electron chi connectivity index (χ1n) is 5.46. The third-order valence-corrected chi connectivity index (χ3v) is 4.28. The molecule has 1 unspecified atom stereocenters. The summed E-state index contributed by atoms with van der Waals surface area (Å²) in [6.07, 6.45) is 0. The van der Waals surface area contributed by atoms with E-state index in [9.17, 15) is 13.4 Å². The second-order valence-corrected chi connectivity index (χ2v) is 6.22. The monoisotopic (exact) mass is 291 g/mol. The molecule has 0 spiro atoms. The highest BCUT2D eigenvalue weighted by Crippen LogP contribution is 2.27. The number of rotatable bonds is 4. The van der Waals surface area contributed by atoms with Gasteiger partial charge in [-0.15, -0.1) is 0 Å². The minimum Gasteiger partial charge on any atom is -0.324 e. The fraction of sp³-hybridized carbons (Fsp3) is 0.417. The Morgan fingerprint density at radius 3 is 2.61 bits per heavy atom. The van der Waals surface area contributed by atoms with Crippen LogP contribution in [0.15, 0.2) is 17.0 Å². The van der Waals surface area contributed by atoms with Crippen LogP contribution in [0, 0.1) is 11.7 Å². The highest BCUT2D eigenvalue weighted by Gasteiger charge is 2.15. The fourth-order valence-electron chi connectivity index (χ4n) is 1.38. The lowest BCUT2D eigenvalue weighted by molar-refractivity contribution is -0.114. The molecule has 0 aromatic heterocycles. The first-order valence-corrected chi connectivity index (χ1v) is 7.16. The minimum atomic E-state index is -1.31. The maximum atomic E-state index is 13.5. The predicted octanol–water partition coefficient (Wildman–Crippen LogP) is 3.20. The molecule has 0 radical (unpaired) electrons. The zero-order chi connectivity index (χ0) is 13.9. The minimum absolute atomic E-state index is 0.000920. The van der Waals surface area contributed by atoms with Crippen molar-refractivity contribution in [2.45, 2.75) is 25.7 Å². The molecule has 0 fully saturated rings. The maximum Gasteiger partial charge on any atom is 0.221 e. The molecule has 0 aliphatic heterocycles. The zero-order valence-corrected chi connectivity index (χ0v) is 12.0. The number of hydrogen-bond donors (Lipinski definition) is 1. The summed E-state index contributed by atoms with van der Waals surface area (Å²) >= 11 is 5.87. The van der Waals surface area contributed by atoms with Crippen LogP contribution >= 0.6 is 11.6 Å². The lowest BCUT2D eigenvalue weighted by atomic mass is 10.3. The molecular weight excluding hydrogens is 277 g/mol. The Labute approximate surface area is 113 Å². The van der Waals surface area contributed by atoms with E-state index in [1.807, 2.05) is 13.8 Å². The number of anilines is 1. The normalized spacial score (nSPS) is 12.6. The molecule has 1 aromatic carbocycles. The van der Waals surface area contributed by atoms with Crippen molar-refractivity contribution in [1.82, 2.24) is 0 Å². The topological polar surface area (TPSA) is 46.2 Å². The number of amides is 1. The average molecular weight is 292 g/mol. The van der Waals surface area contributed by atoms with E-state index in [0.717, 1.165) is 6.07 Å². The van der Waals surface area contributed by atoms with E-state index in [-0.39, 0.29) is 16.6 Å². The molecule has 1 amide bonds. The summed E-state index contributed by atoms with van der Waals surface area (Å²) in [5, 5.41) is 2.45. The van der Waals surface area contributed by atoms with Gasteiger partial charge in [-0.05, 0) is 18.1 Å². The van der Waals surface area contributed by atoms with Gasteiger partial charge < -0.3 is 5.32 Å². The van der Waals surface area contributed by atoms with Crippen molar-refractivity contribution in [2.24, 2.45) is 5.92 Å². The summed E-state index contributed by atoms with van der Waals surface area (Å²) in [7, 11) is -1.31. The molecule has 0 aliphatic carbocycles. The van der Waals surface area contributed by atoms with Crippen LogP contribution in [0.5, 0.6) is 0 Å². The number of nitrogens with one attached hydrogen (secondary N) is 1. The Morgan fingerprint density at radius 2 is 2.11 bits per heavy atom. The van der Waals surface area contributed by atoms with Gasteiger partial charge in [-0.2, -0.15) is 0 Å². The molecule has 0 heterocycles. The summed E-state index contributed by atoms with van der Waals surface area (Å²) in [6.45, 7) is 5.15. The fourth-order valence-corrected chi connectivity index (χ4v) is 3.10. The molecular formula is C12H15ClFNO2S. The number of hydrogen-bond acceptors (Lipinski definition) is 2. The number of halogens is 2. The van der Waals surface area contributed by atoms with Crippen molar-refractivity contribution in [1.29, 1.82) is 0 Å².